The summed E-state index contributed by atoms with van der Waals surface area (Å²) in [5, 5.41) is 11.6. The third kappa shape index (κ3) is 3.04. The number of rotatable bonds is 3. The van der Waals surface area contributed by atoms with E-state index in [0.717, 1.165) is 27.5 Å². The lowest BCUT2D eigenvalue weighted by Gasteiger charge is -2.11. The van der Waals surface area contributed by atoms with Gasteiger partial charge in [-0.1, -0.05) is 24.3 Å². The molecule has 4 aromatic rings. The van der Waals surface area contributed by atoms with Crippen molar-refractivity contribution in [3.8, 4) is 6.07 Å². The summed E-state index contributed by atoms with van der Waals surface area (Å²) < 4.78 is 5.84. The van der Waals surface area contributed by atoms with E-state index in [1.165, 1.54) is 0 Å². The number of furan rings is 1. The maximum absolute atomic E-state index is 9.61. The maximum Gasteiger partial charge on any atom is 0.230 e. The number of benzene rings is 2. The molecule has 0 aliphatic rings. The van der Waals surface area contributed by atoms with E-state index in [2.05, 4.69) is 21.0 Å². The second-order valence-corrected chi connectivity index (χ2v) is 6.24. The molecule has 2 N–H and O–H groups in total. The summed E-state index contributed by atoms with van der Waals surface area (Å²) in [6, 6.07) is 15.8. The SMILES string of the molecule is CN(C)c1nc(N)nc(/C(C#N)=C/c2ccc3oc4ccccc4c3c2)n1. The Morgan fingerprint density at radius 3 is 2.63 bits per heavy atom. The van der Waals surface area contributed by atoms with Crippen LogP contribution in [-0.2, 0) is 0 Å². The molecule has 0 bridgehead atoms. The first kappa shape index (κ1) is 16.5. The molecule has 2 heterocycles. The minimum atomic E-state index is 0.0705. The van der Waals surface area contributed by atoms with Crippen molar-refractivity contribution < 1.29 is 4.42 Å². The van der Waals surface area contributed by atoms with Crippen LogP contribution in [0.15, 0.2) is 46.9 Å². The molecular weight excluding hydrogens is 340 g/mol. The largest absolute Gasteiger partial charge is 0.456 e. The number of allylic oxidation sites excluding steroid dienone is 1. The second-order valence-electron chi connectivity index (χ2n) is 6.24. The van der Waals surface area contributed by atoms with E-state index in [9.17, 15) is 5.26 Å². The summed E-state index contributed by atoms with van der Waals surface area (Å²) in [7, 11) is 3.60. The summed E-state index contributed by atoms with van der Waals surface area (Å²) in [6.07, 6.45) is 1.73. The van der Waals surface area contributed by atoms with Crippen molar-refractivity contribution in [1.82, 2.24) is 15.0 Å². The average Bonchev–Trinajstić information content (AvgIpc) is 3.03. The molecular formula is C20H16N6O. The van der Waals surface area contributed by atoms with Crippen molar-refractivity contribution in [2.24, 2.45) is 0 Å². The van der Waals surface area contributed by atoms with E-state index in [4.69, 9.17) is 10.2 Å². The van der Waals surface area contributed by atoms with Crippen LogP contribution in [0.2, 0.25) is 0 Å². The van der Waals surface area contributed by atoms with Crippen LogP contribution in [0.5, 0.6) is 0 Å². The third-order valence-corrected chi connectivity index (χ3v) is 4.11. The van der Waals surface area contributed by atoms with Gasteiger partial charge in [-0.05, 0) is 29.8 Å². The van der Waals surface area contributed by atoms with Gasteiger partial charge in [0.05, 0.1) is 5.57 Å². The molecule has 0 atom stereocenters. The lowest BCUT2D eigenvalue weighted by Crippen LogP contribution is -2.15. The Balaban J connectivity index is 1.83. The number of anilines is 2. The lowest BCUT2D eigenvalue weighted by atomic mass is 10.1. The van der Waals surface area contributed by atoms with Crippen LogP contribution in [0.3, 0.4) is 0 Å². The molecule has 0 amide bonds. The summed E-state index contributed by atoms with van der Waals surface area (Å²) in [5.74, 6) is 0.710. The number of aromatic nitrogens is 3. The van der Waals surface area contributed by atoms with Crippen molar-refractivity contribution in [1.29, 1.82) is 5.26 Å². The van der Waals surface area contributed by atoms with E-state index in [1.54, 1.807) is 25.1 Å². The topological polar surface area (TPSA) is 105 Å². The highest BCUT2D eigenvalue weighted by Gasteiger charge is 2.12. The molecule has 0 unspecified atom stereocenters. The van der Waals surface area contributed by atoms with E-state index >= 15 is 0 Å². The highest BCUT2D eigenvalue weighted by Crippen LogP contribution is 2.30. The zero-order chi connectivity index (χ0) is 19.0. The van der Waals surface area contributed by atoms with E-state index in [0.29, 0.717) is 11.5 Å². The van der Waals surface area contributed by atoms with Gasteiger partial charge in [-0.2, -0.15) is 20.2 Å². The molecule has 0 saturated carbocycles. The third-order valence-electron chi connectivity index (χ3n) is 4.11. The molecule has 2 aromatic heterocycles. The first-order chi connectivity index (χ1) is 13.0. The molecule has 0 saturated heterocycles. The fraction of sp³-hybridized carbons (Fsp3) is 0.100. The monoisotopic (exact) mass is 356 g/mol. The minimum absolute atomic E-state index is 0.0705. The van der Waals surface area contributed by atoms with Crippen LogP contribution in [0.25, 0.3) is 33.6 Å². The van der Waals surface area contributed by atoms with Gasteiger partial charge in [0.2, 0.25) is 11.9 Å². The molecule has 7 heteroatoms. The van der Waals surface area contributed by atoms with Crippen molar-refractivity contribution in [3.63, 3.8) is 0 Å². The normalized spacial score (nSPS) is 11.7. The number of nitriles is 1. The van der Waals surface area contributed by atoms with E-state index in [-0.39, 0.29) is 11.8 Å². The van der Waals surface area contributed by atoms with Crippen LogP contribution >= 0.6 is 0 Å². The van der Waals surface area contributed by atoms with Gasteiger partial charge in [0.1, 0.15) is 17.2 Å². The van der Waals surface area contributed by atoms with Gasteiger partial charge in [-0.15, -0.1) is 0 Å². The Hall–Kier alpha value is -3.92. The molecule has 132 valence electrons. The molecule has 0 aliphatic carbocycles. The Labute approximate surface area is 155 Å². The van der Waals surface area contributed by atoms with Crippen LogP contribution < -0.4 is 10.6 Å². The van der Waals surface area contributed by atoms with Gasteiger partial charge in [0.15, 0.2) is 5.82 Å². The fourth-order valence-corrected chi connectivity index (χ4v) is 2.85. The number of hydrogen-bond donors (Lipinski definition) is 1. The van der Waals surface area contributed by atoms with Crippen LogP contribution in [0.4, 0.5) is 11.9 Å². The smallest absolute Gasteiger partial charge is 0.230 e. The summed E-state index contributed by atoms with van der Waals surface area (Å²) in [4.78, 5) is 14.2. The average molecular weight is 356 g/mol. The predicted octanol–water partition coefficient (Wildman–Crippen LogP) is 3.48. The standard InChI is InChI=1S/C20H16N6O/c1-26(2)20-24-18(23-19(22)25-20)13(11-21)9-12-7-8-17-15(10-12)14-5-3-4-6-16(14)27-17/h3-10H,1-2H3,(H2,22,23,24,25)/b13-9+. The highest BCUT2D eigenvalue weighted by molar-refractivity contribution is 6.06. The summed E-state index contributed by atoms with van der Waals surface area (Å²) in [6.45, 7) is 0. The second kappa shape index (κ2) is 6.42. The van der Waals surface area contributed by atoms with Crippen molar-refractivity contribution in [2.75, 3.05) is 24.7 Å². The summed E-state index contributed by atoms with van der Waals surface area (Å²) in [5.41, 5.74) is 8.54. The molecule has 4 rings (SSSR count). The molecule has 2 aromatic carbocycles. The van der Waals surface area contributed by atoms with Gasteiger partial charge < -0.3 is 15.1 Å². The van der Waals surface area contributed by atoms with E-state index < -0.39 is 0 Å². The van der Waals surface area contributed by atoms with Crippen LogP contribution in [-0.4, -0.2) is 29.0 Å². The maximum atomic E-state index is 9.61. The van der Waals surface area contributed by atoms with Crippen molar-refractivity contribution in [3.05, 3.63) is 53.9 Å². The van der Waals surface area contributed by atoms with Crippen LogP contribution in [0.1, 0.15) is 11.4 Å². The molecule has 27 heavy (non-hydrogen) atoms. The minimum Gasteiger partial charge on any atom is -0.456 e. The zero-order valence-electron chi connectivity index (χ0n) is 14.8. The highest BCUT2D eigenvalue weighted by atomic mass is 16.3. The number of nitrogens with zero attached hydrogens (tertiary/aromatic N) is 5. The number of hydrogen-bond acceptors (Lipinski definition) is 7. The Morgan fingerprint density at radius 2 is 1.85 bits per heavy atom. The van der Waals surface area contributed by atoms with Gasteiger partial charge in [-0.25, -0.2) is 0 Å². The fourth-order valence-electron chi connectivity index (χ4n) is 2.85. The first-order valence-electron chi connectivity index (χ1n) is 8.27. The molecule has 0 radical (unpaired) electrons. The van der Waals surface area contributed by atoms with Gasteiger partial charge in [0, 0.05) is 24.9 Å². The van der Waals surface area contributed by atoms with Crippen LogP contribution in [0, 0.1) is 11.3 Å². The zero-order valence-corrected chi connectivity index (χ0v) is 14.8. The van der Waals surface area contributed by atoms with Crippen molar-refractivity contribution in [2.45, 2.75) is 0 Å². The molecule has 0 aliphatic heterocycles. The Morgan fingerprint density at radius 1 is 1.07 bits per heavy atom. The van der Waals surface area contributed by atoms with Gasteiger partial charge in [-0.3, -0.25) is 0 Å². The number of nitrogen functional groups attached to an aromatic ring is 1. The predicted molar refractivity (Wildman–Crippen MR) is 106 cm³/mol. The quantitative estimate of drug-likeness (QED) is 0.560. The van der Waals surface area contributed by atoms with E-state index in [1.807, 2.05) is 42.5 Å². The Bertz CT molecular complexity index is 1230. The lowest BCUT2D eigenvalue weighted by molar-refractivity contribution is 0.669. The molecule has 0 fully saturated rings. The van der Waals surface area contributed by atoms with Gasteiger partial charge >= 0.3 is 0 Å². The number of fused-ring (bicyclic) bond motifs is 3. The number of para-hydroxylation sites is 1. The summed E-state index contributed by atoms with van der Waals surface area (Å²) >= 11 is 0. The van der Waals surface area contributed by atoms with Crippen molar-refractivity contribution >= 4 is 45.5 Å². The van der Waals surface area contributed by atoms with Gasteiger partial charge in [0.25, 0.3) is 0 Å². The molecule has 7 nitrogen and oxygen atoms in total. The Kier molecular flexibility index (Phi) is 3.94. The first-order valence-corrected chi connectivity index (χ1v) is 8.27. The number of nitrogens with two attached hydrogens (primary N) is 1. The molecule has 0 spiro atoms.